The smallest absolute Gasteiger partial charge is 0.255 e. The van der Waals surface area contributed by atoms with Crippen LogP contribution in [0.15, 0.2) is 48.5 Å². The first-order valence-electron chi connectivity index (χ1n) is 10.7. The molecule has 0 unspecified atom stereocenters. The fourth-order valence-corrected chi connectivity index (χ4v) is 3.99. The van der Waals surface area contributed by atoms with E-state index in [2.05, 4.69) is 10.6 Å². The Balaban J connectivity index is 1.36. The largest absolute Gasteiger partial charge is 0.491 e. The van der Waals surface area contributed by atoms with Gasteiger partial charge in [-0.1, -0.05) is 25.0 Å². The van der Waals surface area contributed by atoms with Crippen molar-refractivity contribution >= 4 is 17.5 Å². The molecule has 30 heavy (non-hydrogen) atoms. The topological polar surface area (TPSA) is 76.7 Å². The Hall–Kier alpha value is -2.86. The fourth-order valence-electron chi connectivity index (χ4n) is 3.99. The third kappa shape index (κ3) is 5.19. The first-order valence-corrected chi connectivity index (χ1v) is 10.7. The van der Waals surface area contributed by atoms with E-state index in [-0.39, 0.29) is 24.0 Å². The summed E-state index contributed by atoms with van der Waals surface area (Å²) in [6.07, 6.45) is 6.58. The van der Waals surface area contributed by atoms with Crippen LogP contribution in [0.5, 0.6) is 5.75 Å². The van der Waals surface area contributed by atoms with Gasteiger partial charge in [0.05, 0.1) is 17.4 Å². The highest BCUT2D eigenvalue weighted by molar-refractivity contribution is 6.09. The van der Waals surface area contributed by atoms with Crippen LogP contribution in [0.4, 0.5) is 5.69 Å². The zero-order chi connectivity index (χ0) is 20.8. The molecule has 1 aliphatic heterocycles. The molecule has 1 atom stereocenters. The normalized spacial score (nSPS) is 18.9. The number of rotatable bonds is 7. The van der Waals surface area contributed by atoms with Crippen molar-refractivity contribution in [3.05, 3.63) is 59.7 Å². The van der Waals surface area contributed by atoms with Crippen LogP contribution in [0, 0.1) is 0 Å². The molecule has 1 saturated carbocycles. The van der Waals surface area contributed by atoms with Crippen molar-refractivity contribution in [2.75, 3.05) is 18.5 Å². The van der Waals surface area contributed by atoms with E-state index in [0.29, 0.717) is 29.2 Å². The van der Waals surface area contributed by atoms with Gasteiger partial charge in [-0.25, -0.2) is 0 Å². The van der Waals surface area contributed by atoms with Gasteiger partial charge < -0.3 is 20.1 Å². The number of hydrogen-bond acceptors (Lipinski definition) is 4. The summed E-state index contributed by atoms with van der Waals surface area (Å²) >= 11 is 0. The molecule has 2 aromatic rings. The molecule has 6 nitrogen and oxygen atoms in total. The van der Waals surface area contributed by atoms with Crippen molar-refractivity contribution in [1.29, 1.82) is 0 Å². The predicted octanol–water partition coefficient (Wildman–Crippen LogP) is 4.17. The maximum atomic E-state index is 12.7. The number of carbonyl (C=O) groups excluding carboxylic acids is 2. The van der Waals surface area contributed by atoms with Crippen LogP contribution in [0.1, 0.15) is 59.2 Å². The summed E-state index contributed by atoms with van der Waals surface area (Å²) in [7, 11) is 0. The second kappa shape index (κ2) is 9.76. The van der Waals surface area contributed by atoms with Gasteiger partial charge in [-0.2, -0.15) is 0 Å². The third-order valence-corrected chi connectivity index (χ3v) is 5.69. The van der Waals surface area contributed by atoms with Crippen LogP contribution < -0.4 is 15.4 Å². The molecule has 0 radical (unpaired) electrons. The summed E-state index contributed by atoms with van der Waals surface area (Å²) in [6, 6.07) is 14.3. The Bertz CT molecular complexity index is 869. The van der Waals surface area contributed by atoms with Crippen LogP contribution in [-0.2, 0) is 4.74 Å². The van der Waals surface area contributed by atoms with Crippen LogP contribution >= 0.6 is 0 Å². The molecular formula is C24H28N2O4. The second-order valence-corrected chi connectivity index (χ2v) is 7.92. The van der Waals surface area contributed by atoms with Gasteiger partial charge in [0, 0.05) is 18.2 Å². The molecule has 1 heterocycles. The zero-order valence-corrected chi connectivity index (χ0v) is 17.1. The van der Waals surface area contributed by atoms with Crippen LogP contribution in [0.2, 0.25) is 0 Å². The van der Waals surface area contributed by atoms with Crippen LogP contribution in [0.3, 0.4) is 0 Å². The molecular weight excluding hydrogens is 380 g/mol. The van der Waals surface area contributed by atoms with Crippen molar-refractivity contribution in [3.8, 4) is 5.75 Å². The Morgan fingerprint density at radius 1 is 0.933 bits per heavy atom. The molecule has 0 bridgehead atoms. The van der Waals surface area contributed by atoms with E-state index in [1.807, 2.05) is 6.07 Å². The molecule has 2 amide bonds. The predicted molar refractivity (Wildman–Crippen MR) is 115 cm³/mol. The van der Waals surface area contributed by atoms with E-state index in [0.717, 1.165) is 45.1 Å². The average Bonchev–Trinajstić information content (AvgIpc) is 3.47. The quantitative estimate of drug-likeness (QED) is 0.721. The van der Waals surface area contributed by atoms with Crippen molar-refractivity contribution in [2.24, 2.45) is 0 Å². The highest BCUT2D eigenvalue weighted by atomic mass is 16.5. The highest BCUT2D eigenvalue weighted by Gasteiger charge is 2.20. The number of anilines is 1. The lowest BCUT2D eigenvalue weighted by molar-refractivity contribution is 0.0679. The summed E-state index contributed by atoms with van der Waals surface area (Å²) in [6.45, 7) is 1.32. The average molecular weight is 408 g/mol. The number of carbonyl (C=O) groups is 2. The molecule has 4 rings (SSSR count). The SMILES string of the molecule is O=C(Nc1ccccc1C(=O)NC1CCCC1)c1ccc(OC[C@@H]2CCCO2)cc1. The lowest BCUT2D eigenvalue weighted by atomic mass is 10.1. The van der Waals surface area contributed by atoms with Gasteiger partial charge in [0.2, 0.25) is 0 Å². The maximum absolute atomic E-state index is 12.7. The Labute approximate surface area is 177 Å². The Morgan fingerprint density at radius 3 is 2.43 bits per heavy atom. The molecule has 0 spiro atoms. The van der Waals surface area contributed by atoms with E-state index in [1.165, 1.54) is 0 Å². The van der Waals surface area contributed by atoms with Crippen molar-refractivity contribution in [2.45, 2.75) is 50.7 Å². The summed E-state index contributed by atoms with van der Waals surface area (Å²) in [5, 5.41) is 5.94. The summed E-state index contributed by atoms with van der Waals surface area (Å²) in [5.41, 5.74) is 1.50. The lowest BCUT2D eigenvalue weighted by Gasteiger charge is -2.15. The Morgan fingerprint density at radius 2 is 1.70 bits per heavy atom. The molecule has 2 aliphatic rings. The Kier molecular flexibility index (Phi) is 6.64. The van der Waals surface area contributed by atoms with Gasteiger partial charge in [0.15, 0.2) is 0 Å². The first kappa shape index (κ1) is 20.4. The summed E-state index contributed by atoms with van der Waals surface area (Å²) in [4.78, 5) is 25.4. The highest BCUT2D eigenvalue weighted by Crippen LogP contribution is 2.21. The third-order valence-electron chi connectivity index (χ3n) is 5.69. The van der Waals surface area contributed by atoms with Crippen molar-refractivity contribution in [3.63, 3.8) is 0 Å². The van der Waals surface area contributed by atoms with Gasteiger partial charge in [0.25, 0.3) is 11.8 Å². The molecule has 0 aromatic heterocycles. The minimum absolute atomic E-state index is 0.143. The van der Waals surface area contributed by atoms with E-state index in [9.17, 15) is 9.59 Å². The molecule has 6 heteroatoms. The minimum atomic E-state index is -0.262. The van der Waals surface area contributed by atoms with Gasteiger partial charge >= 0.3 is 0 Å². The van der Waals surface area contributed by atoms with Crippen LogP contribution in [-0.4, -0.2) is 37.2 Å². The van der Waals surface area contributed by atoms with Crippen molar-refractivity contribution in [1.82, 2.24) is 5.32 Å². The molecule has 2 N–H and O–H groups in total. The number of hydrogen-bond donors (Lipinski definition) is 2. The molecule has 2 fully saturated rings. The minimum Gasteiger partial charge on any atom is -0.491 e. The monoisotopic (exact) mass is 408 g/mol. The van der Waals surface area contributed by atoms with E-state index >= 15 is 0 Å². The van der Waals surface area contributed by atoms with E-state index < -0.39 is 0 Å². The molecule has 1 aliphatic carbocycles. The van der Waals surface area contributed by atoms with Crippen molar-refractivity contribution < 1.29 is 19.1 Å². The zero-order valence-electron chi connectivity index (χ0n) is 17.1. The fraction of sp³-hybridized carbons (Fsp3) is 0.417. The lowest BCUT2D eigenvalue weighted by Crippen LogP contribution is -2.33. The molecule has 158 valence electrons. The van der Waals surface area contributed by atoms with Gasteiger partial charge in [-0.15, -0.1) is 0 Å². The number of benzene rings is 2. The van der Waals surface area contributed by atoms with Gasteiger partial charge in [0.1, 0.15) is 12.4 Å². The second-order valence-electron chi connectivity index (χ2n) is 7.92. The molecule has 1 saturated heterocycles. The number of nitrogens with one attached hydrogen (secondary N) is 2. The number of ether oxygens (including phenoxy) is 2. The number of amides is 2. The van der Waals surface area contributed by atoms with Gasteiger partial charge in [-0.3, -0.25) is 9.59 Å². The summed E-state index contributed by atoms with van der Waals surface area (Å²) in [5.74, 6) is 0.302. The summed E-state index contributed by atoms with van der Waals surface area (Å²) < 4.78 is 11.3. The standard InChI is InChI=1S/C24H28N2O4/c27-23(17-11-13-19(14-12-17)30-16-20-8-5-15-29-20)26-22-10-4-3-9-21(22)24(28)25-18-6-1-2-7-18/h3-4,9-14,18,20H,1-2,5-8,15-16H2,(H,25,28)(H,26,27)/t20-/m0/s1. The maximum Gasteiger partial charge on any atom is 0.255 e. The first-order chi connectivity index (χ1) is 14.7. The van der Waals surface area contributed by atoms with E-state index in [4.69, 9.17) is 9.47 Å². The van der Waals surface area contributed by atoms with E-state index in [1.54, 1.807) is 42.5 Å². The molecule has 2 aromatic carbocycles. The van der Waals surface area contributed by atoms with Gasteiger partial charge in [-0.05, 0) is 62.1 Å². The van der Waals surface area contributed by atoms with Crippen LogP contribution in [0.25, 0.3) is 0 Å². The number of para-hydroxylation sites is 1.